The lowest BCUT2D eigenvalue weighted by Gasteiger charge is -2.25. The number of amides is 2. The fourth-order valence-corrected chi connectivity index (χ4v) is 4.86. The first-order valence-corrected chi connectivity index (χ1v) is 11.6. The Morgan fingerprint density at radius 1 is 1.23 bits per heavy atom. The predicted molar refractivity (Wildman–Crippen MR) is 124 cm³/mol. The summed E-state index contributed by atoms with van der Waals surface area (Å²) in [5, 5.41) is 2.94. The van der Waals surface area contributed by atoms with Crippen LogP contribution in [0.25, 0.3) is 0 Å². The van der Waals surface area contributed by atoms with E-state index in [0.29, 0.717) is 5.75 Å². The van der Waals surface area contributed by atoms with Crippen LogP contribution in [0.4, 0.5) is 11.4 Å². The molecule has 0 spiro atoms. The van der Waals surface area contributed by atoms with Crippen molar-refractivity contribution in [3.63, 3.8) is 0 Å². The number of thioether (sulfide) groups is 1. The lowest BCUT2D eigenvalue weighted by atomic mass is 9.98. The number of hydrogen-bond donors (Lipinski definition) is 1. The van der Waals surface area contributed by atoms with Crippen LogP contribution in [-0.4, -0.2) is 24.7 Å². The standard InChI is InChI=1S/C24H30N2O3S/c1-4-6-9-17(5-2)23(28)25-19-11-7-10-18(14-19)24-26(22(27)16-30-24)20-12-8-13-21(15-20)29-3/h7-8,10-15,17,24H,4-6,9,16H2,1-3H3,(H,25,28)/t17-,24+/m0/s1. The summed E-state index contributed by atoms with van der Waals surface area (Å²) in [5.41, 5.74) is 2.58. The van der Waals surface area contributed by atoms with Crippen LogP contribution in [0.15, 0.2) is 48.5 Å². The molecule has 160 valence electrons. The van der Waals surface area contributed by atoms with Crippen LogP contribution >= 0.6 is 11.8 Å². The summed E-state index contributed by atoms with van der Waals surface area (Å²) < 4.78 is 5.32. The number of hydrogen-bond acceptors (Lipinski definition) is 4. The van der Waals surface area contributed by atoms with Crippen molar-refractivity contribution in [1.82, 2.24) is 0 Å². The zero-order valence-corrected chi connectivity index (χ0v) is 18.7. The first-order valence-electron chi connectivity index (χ1n) is 10.6. The predicted octanol–water partition coefficient (Wildman–Crippen LogP) is 5.63. The SMILES string of the molecule is CCCC[C@H](CC)C(=O)Nc1cccc([C@H]2SCC(=O)N2c2cccc(OC)c2)c1. The van der Waals surface area contributed by atoms with Gasteiger partial charge in [-0.1, -0.05) is 44.9 Å². The maximum absolute atomic E-state index is 12.7. The maximum atomic E-state index is 12.7. The van der Waals surface area contributed by atoms with Gasteiger partial charge in [-0.15, -0.1) is 11.8 Å². The Hall–Kier alpha value is -2.47. The number of carbonyl (C=O) groups excluding carboxylic acids is 2. The van der Waals surface area contributed by atoms with Crippen molar-refractivity contribution in [2.45, 2.75) is 44.9 Å². The number of carbonyl (C=O) groups is 2. The number of methoxy groups -OCH3 is 1. The molecule has 1 aliphatic heterocycles. The van der Waals surface area contributed by atoms with E-state index in [-0.39, 0.29) is 23.1 Å². The summed E-state index contributed by atoms with van der Waals surface area (Å²) in [7, 11) is 1.62. The van der Waals surface area contributed by atoms with Crippen molar-refractivity contribution in [2.24, 2.45) is 5.92 Å². The molecule has 5 nitrogen and oxygen atoms in total. The van der Waals surface area contributed by atoms with Gasteiger partial charge in [0.1, 0.15) is 11.1 Å². The minimum atomic E-state index is -0.136. The second-order valence-electron chi connectivity index (χ2n) is 7.49. The van der Waals surface area contributed by atoms with Crippen LogP contribution in [0.5, 0.6) is 5.75 Å². The number of unbranched alkanes of at least 4 members (excludes halogenated alkanes) is 1. The molecular formula is C24H30N2O3S. The molecule has 0 unspecified atom stereocenters. The Bertz CT molecular complexity index is 886. The first-order chi connectivity index (χ1) is 14.6. The second kappa shape index (κ2) is 10.5. The summed E-state index contributed by atoms with van der Waals surface area (Å²) in [6.45, 7) is 4.20. The van der Waals surface area contributed by atoms with Crippen LogP contribution in [0.3, 0.4) is 0 Å². The minimum absolute atomic E-state index is 0.0318. The molecule has 1 saturated heterocycles. The van der Waals surface area contributed by atoms with Crippen LogP contribution in [0, 0.1) is 5.92 Å². The molecule has 30 heavy (non-hydrogen) atoms. The number of anilines is 2. The first kappa shape index (κ1) is 22.2. The molecule has 1 heterocycles. The van der Waals surface area contributed by atoms with Gasteiger partial charge in [-0.05, 0) is 42.7 Å². The molecule has 0 aromatic heterocycles. The number of ether oxygens (including phenoxy) is 1. The van der Waals surface area contributed by atoms with Crippen LogP contribution in [0.1, 0.15) is 50.5 Å². The lowest BCUT2D eigenvalue weighted by Crippen LogP contribution is -2.28. The fraction of sp³-hybridized carbons (Fsp3) is 0.417. The van der Waals surface area contributed by atoms with Gasteiger partial charge in [0.25, 0.3) is 0 Å². The normalized spacial score (nSPS) is 17.1. The van der Waals surface area contributed by atoms with E-state index < -0.39 is 0 Å². The smallest absolute Gasteiger partial charge is 0.238 e. The van der Waals surface area contributed by atoms with Crippen molar-refractivity contribution in [2.75, 3.05) is 23.1 Å². The molecule has 2 amide bonds. The Balaban J connectivity index is 1.80. The zero-order valence-electron chi connectivity index (χ0n) is 17.9. The van der Waals surface area contributed by atoms with Gasteiger partial charge in [-0.2, -0.15) is 0 Å². The molecule has 0 radical (unpaired) electrons. The van der Waals surface area contributed by atoms with E-state index in [4.69, 9.17) is 4.74 Å². The van der Waals surface area contributed by atoms with Crippen molar-refractivity contribution < 1.29 is 14.3 Å². The summed E-state index contributed by atoms with van der Waals surface area (Å²) in [5.74, 6) is 1.31. The highest BCUT2D eigenvalue weighted by molar-refractivity contribution is 8.00. The van der Waals surface area contributed by atoms with Gasteiger partial charge in [0, 0.05) is 23.4 Å². The number of nitrogens with zero attached hydrogens (tertiary/aromatic N) is 1. The van der Waals surface area contributed by atoms with E-state index >= 15 is 0 Å². The van der Waals surface area contributed by atoms with Gasteiger partial charge in [-0.3, -0.25) is 14.5 Å². The summed E-state index contributed by atoms with van der Waals surface area (Å²) >= 11 is 1.59. The average molecular weight is 427 g/mol. The van der Waals surface area contributed by atoms with Gasteiger partial charge < -0.3 is 10.1 Å². The monoisotopic (exact) mass is 426 g/mol. The Kier molecular flexibility index (Phi) is 7.80. The third-order valence-electron chi connectivity index (χ3n) is 5.41. The number of benzene rings is 2. The molecule has 2 aromatic rings. The summed E-state index contributed by atoms with van der Waals surface area (Å²) in [6, 6.07) is 15.4. The molecule has 3 rings (SSSR count). The van der Waals surface area contributed by atoms with Gasteiger partial charge in [0.05, 0.1) is 12.9 Å². The molecule has 0 saturated carbocycles. The number of nitrogens with one attached hydrogen (secondary N) is 1. The Morgan fingerprint density at radius 3 is 2.77 bits per heavy atom. The second-order valence-corrected chi connectivity index (χ2v) is 8.56. The van der Waals surface area contributed by atoms with Crippen LogP contribution in [-0.2, 0) is 9.59 Å². The molecule has 1 fully saturated rings. The molecule has 1 aliphatic rings. The molecule has 6 heteroatoms. The number of rotatable bonds is 9. The van der Waals surface area contributed by atoms with Gasteiger partial charge in [0.15, 0.2) is 0 Å². The van der Waals surface area contributed by atoms with E-state index in [1.807, 2.05) is 53.4 Å². The van der Waals surface area contributed by atoms with Crippen molar-refractivity contribution in [3.8, 4) is 5.75 Å². The Morgan fingerprint density at radius 2 is 2.03 bits per heavy atom. The minimum Gasteiger partial charge on any atom is -0.497 e. The molecule has 2 aromatic carbocycles. The largest absolute Gasteiger partial charge is 0.497 e. The molecular weight excluding hydrogens is 396 g/mol. The van der Waals surface area contributed by atoms with E-state index in [2.05, 4.69) is 19.2 Å². The fourth-order valence-electron chi connectivity index (χ4n) is 3.70. The molecule has 2 atom stereocenters. The molecule has 0 aliphatic carbocycles. The summed E-state index contributed by atoms with van der Waals surface area (Å²) in [6.07, 6.45) is 3.89. The van der Waals surface area contributed by atoms with Gasteiger partial charge in [-0.25, -0.2) is 0 Å². The van der Waals surface area contributed by atoms with Crippen molar-refractivity contribution in [3.05, 3.63) is 54.1 Å². The van der Waals surface area contributed by atoms with Crippen molar-refractivity contribution in [1.29, 1.82) is 0 Å². The van der Waals surface area contributed by atoms with Gasteiger partial charge >= 0.3 is 0 Å². The van der Waals surface area contributed by atoms with Crippen LogP contribution in [0.2, 0.25) is 0 Å². The van der Waals surface area contributed by atoms with E-state index in [1.165, 1.54) is 0 Å². The third kappa shape index (κ3) is 5.17. The van der Waals surface area contributed by atoms with E-state index in [9.17, 15) is 9.59 Å². The topological polar surface area (TPSA) is 58.6 Å². The van der Waals surface area contributed by atoms with E-state index in [1.54, 1.807) is 18.9 Å². The lowest BCUT2D eigenvalue weighted by molar-refractivity contribution is -0.120. The quantitative estimate of drug-likeness (QED) is 0.565. The summed E-state index contributed by atoms with van der Waals surface area (Å²) in [4.78, 5) is 27.1. The molecule has 1 N–H and O–H groups in total. The van der Waals surface area contributed by atoms with Gasteiger partial charge in [0.2, 0.25) is 11.8 Å². The van der Waals surface area contributed by atoms with Crippen molar-refractivity contribution >= 4 is 35.0 Å². The molecule has 0 bridgehead atoms. The highest BCUT2D eigenvalue weighted by atomic mass is 32.2. The zero-order chi connectivity index (χ0) is 21.5. The van der Waals surface area contributed by atoms with E-state index in [0.717, 1.165) is 48.4 Å². The Labute approximate surface area is 183 Å². The average Bonchev–Trinajstić information content (AvgIpc) is 3.16. The third-order valence-corrected chi connectivity index (χ3v) is 6.62. The van der Waals surface area contributed by atoms with Crippen LogP contribution < -0.4 is 15.0 Å². The highest BCUT2D eigenvalue weighted by Crippen LogP contribution is 2.42. The maximum Gasteiger partial charge on any atom is 0.238 e. The highest BCUT2D eigenvalue weighted by Gasteiger charge is 2.34.